The van der Waals surface area contributed by atoms with Gasteiger partial charge in [0.1, 0.15) is 0 Å². The lowest BCUT2D eigenvalue weighted by Gasteiger charge is -2.23. The molecule has 2 aromatic heterocycles. The number of amides is 3. The minimum Gasteiger partial charge on any atom is -0.290 e. The smallest absolute Gasteiger partial charge is 0.290 e. The van der Waals surface area contributed by atoms with E-state index in [9.17, 15) is 22.8 Å². The summed E-state index contributed by atoms with van der Waals surface area (Å²) in [5.74, 6) is -0.391. The van der Waals surface area contributed by atoms with Crippen LogP contribution in [0.1, 0.15) is 52.7 Å². The number of nitrogens with one attached hydrogen (secondary N) is 3. The number of benzene rings is 3. The Bertz CT molecular complexity index is 1870. The molecule has 10 nitrogen and oxygen atoms in total. The summed E-state index contributed by atoms with van der Waals surface area (Å²) >= 11 is 4.06. The van der Waals surface area contributed by atoms with Crippen LogP contribution in [0.15, 0.2) is 71.2 Å². The second-order valence-electron chi connectivity index (χ2n) is 10.2. The number of nitrogens with zero attached hydrogens (tertiary/aromatic N) is 5. The van der Waals surface area contributed by atoms with E-state index >= 15 is 0 Å². The Labute approximate surface area is 266 Å². The number of hydrogen-bond donors (Lipinski definition) is 3. The van der Waals surface area contributed by atoms with Gasteiger partial charge in [0.25, 0.3) is 11.9 Å². The first-order chi connectivity index (χ1) is 21.6. The maximum atomic E-state index is 13.7. The van der Waals surface area contributed by atoms with Crippen molar-refractivity contribution in [2.75, 3.05) is 15.5 Å². The average molecular weight is 698 g/mol. The maximum absolute atomic E-state index is 13.7. The van der Waals surface area contributed by atoms with Gasteiger partial charge in [0.15, 0.2) is 5.13 Å². The number of urea groups is 1. The predicted molar refractivity (Wildman–Crippen MR) is 169 cm³/mol. The van der Waals surface area contributed by atoms with Gasteiger partial charge in [-0.2, -0.15) is 18.4 Å². The molecule has 2 heterocycles. The number of anilines is 3. The van der Waals surface area contributed by atoms with Crippen molar-refractivity contribution in [3.8, 4) is 0 Å². The number of hydrogen-bond acceptors (Lipinski definition) is 7. The number of alkyl halides is 3. The first kappa shape index (κ1) is 30.4. The molecule has 0 aliphatic heterocycles. The number of carbonyl (C=O) groups is 2. The lowest BCUT2D eigenvalue weighted by Crippen LogP contribution is -2.34. The van der Waals surface area contributed by atoms with Gasteiger partial charge in [0.05, 0.1) is 22.3 Å². The second kappa shape index (κ2) is 12.8. The summed E-state index contributed by atoms with van der Waals surface area (Å²) in [6.45, 7) is 0.134. The van der Waals surface area contributed by atoms with Crippen LogP contribution in [0.3, 0.4) is 0 Å². The van der Waals surface area contributed by atoms with Crippen LogP contribution in [-0.2, 0) is 12.7 Å². The molecular formula is C30H24BrF3N8O2S. The zero-order valence-electron chi connectivity index (χ0n) is 23.4. The fourth-order valence-corrected chi connectivity index (χ4v) is 6.54. The maximum Gasteiger partial charge on any atom is 0.417 e. The standard InChI is InChI=1S/C30H24BrF3N8O2S/c31-23-15-25-24(14-22(23)30(32,33)34)35-28(45-25)37-29(44)42(21-12-10-19(11-13-21)18-4-2-1-3-5-18)16-17-6-8-20(9-7-17)26(43)36-27-38-40-41-39-27/h4,6-15H,1-3,5,16H2,(H,35,37,44)(H2,36,38,39,40,41,43). The molecular weight excluding hydrogens is 673 g/mol. The molecule has 0 saturated heterocycles. The summed E-state index contributed by atoms with van der Waals surface area (Å²) in [5.41, 5.74) is 3.33. The number of allylic oxidation sites excluding steroid dienone is 2. The van der Waals surface area contributed by atoms with Gasteiger partial charge in [0.2, 0.25) is 0 Å². The molecule has 1 aliphatic carbocycles. The number of aromatic nitrogens is 5. The van der Waals surface area contributed by atoms with E-state index < -0.39 is 23.7 Å². The fraction of sp³-hybridized carbons (Fsp3) is 0.200. The zero-order valence-corrected chi connectivity index (χ0v) is 25.8. The van der Waals surface area contributed by atoms with Crippen LogP contribution < -0.4 is 15.5 Å². The third-order valence-corrected chi connectivity index (χ3v) is 8.80. The van der Waals surface area contributed by atoms with Crippen LogP contribution in [0, 0.1) is 0 Å². The van der Waals surface area contributed by atoms with Crippen LogP contribution in [0.25, 0.3) is 15.8 Å². The third-order valence-electron chi connectivity index (χ3n) is 7.21. The fourth-order valence-electron chi connectivity index (χ4n) is 4.95. The summed E-state index contributed by atoms with van der Waals surface area (Å²) in [6, 6.07) is 16.1. The van der Waals surface area contributed by atoms with E-state index in [-0.39, 0.29) is 27.6 Å². The molecule has 3 aromatic carbocycles. The topological polar surface area (TPSA) is 129 Å². The predicted octanol–water partition coefficient (Wildman–Crippen LogP) is 8.04. The van der Waals surface area contributed by atoms with E-state index in [4.69, 9.17) is 0 Å². The van der Waals surface area contributed by atoms with Crippen molar-refractivity contribution in [2.45, 2.75) is 38.4 Å². The van der Waals surface area contributed by atoms with Crippen LogP contribution in [0.4, 0.5) is 34.7 Å². The zero-order chi connectivity index (χ0) is 31.6. The van der Waals surface area contributed by atoms with Crippen LogP contribution in [0.2, 0.25) is 0 Å². The van der Waals surface area contributed by atoms with Crippen molar-refractivity contribution >= 4 is 71.8 Å². The highest BCUT2D eigenvalue weighted by atomic mass is 79.9. The van der Waals surface area contributed by atoms with Gasteiger partial charge in [-0.05, 0) is 84.0 Å². The van der Waals surface area contributed by atoms with E-state index in [1.807, 2.05) is 24.3 Å². The lowest BCUT2D eigenvalue weighted by molar-refractivity contribution is -0.138. The Hall–Kier alpha value is -4.63. The Balaban J connectivity index is 1.26. The Kier molecular flexibility index (Phi) is 8.63. The monoisotopic (exact) mass is 696 g/mol. The quantitative estimate of drug-likeness (QED) is 0.158. The van der Waals surface area contributed by atoms with Crippen LogP contribution >= 0.6 is 27.3 Å². The van der Waals surface area contributed by atoms with Gasteiger partial charge in [-0.15, -0.1) is 5.10 Å². The highest BCUT2D eigenvalue weighted by molar-refractivity contribution is 9.10. The molecule has 6 rings (SSSR count). The molecule has 15 heteroatoms. The van der Waals surface area contributed by atoms with Crippen molar-refractivity contribution < 1.29 is 22.8 Å². The number of fused-ring (bicyclic) bond motifs is 1. The lowest BCUT2D eigenvalue weighted by atomic mass is 9.93. The molecule has 0 radical (unpaired) electrons. The number of H-pyrrole nitrogens is 1. The Morgan fingerprint density at radius 3 is 2.47 bits per heavy atom. The summed E-state index contributed by atoms with van der Waals surface area (Å²) < 4.78 is 40.7. The van der Waals surface area contributed by atoms with Crippen LogP contribution in [-0.4, -0.2) is 37.5 Å². The number of carbonyl (C=O) groups excluding carboxylic acids is 2. The van der Waals surface area contributed by atoms with Crippen molar-refractivity contribution in [2.24, 2.45) is 0 Å². The van der Waals surface area contributed by atoms with E-state index in [0.29, 0.717) is 16.0 Å². The SMILES string of the molecule is O=C(Nc1nn[nH]n1)c1ccc(CN(C(=O)Nc2nc3cc(C(F)(F)F)c(Br)cc3s2)c2ccc(C3=CCCCC3)cc2)cc1. The molecule has 3 N–H and O–H groups in total. The number of rotatable bonds is 7. The number of aromatic amines is 1. The molecule has 230 valence electrons. The third kappa shape index (κ3) is 7.04. The minimum atomic E-state index is -4.56. The van der Waals surface area contributed by atoms with Gasteiger partial charge in [-0.3, -0.25) is 20.3 Å². The van der Waals surface area contributed by atoms with E-state index in [0.717, 1.165) is 47.8 Å². The number of tetrazole rings is 1. The van der Waals surface area contributed by atoms with E-state index in [1.165, 1.54) is 23.0 Å². The number of halogens is 4. The van der Waals surface area contributed by atoms with Crippen molar-refractivity contribution in [3.63, 3.8) is 0 Å². The molecule has 45 heavy (non-hydrogen) atoms. The van der Waals surface area contributed by atoms with E-state index in [1.54, 1.807) is 24.3 Å². The first-order valence-electron chi connectivity index (χ1n) is 13.8. The molecule has 0 unspecified atom stereocenters. The van der Waals surface area contributed by atoms with Gasteiger partial charge >= 0.3 is 12.2 Å². The second-order valence-corrected chi connectivity index (χ2v) is 12.1. The van der Waals surface area contributed by atoms with Crippen molar-refractivity contribution in [1.82, 2.24) is 25.6 Å². The summed E-state index contributed by atoms with van der Waals surface area (Å²) in [7, 11) is 0. The normalized spacial score (nSPS) is 13.4. The highest BCUT2D eigenvalue weighted by Crippen LogP contribution is 2.39. The molecule has 0 atom stereocenters. The van der Waals surface area contributed by atoms with E-state index in [2.05, 4.69) is 58.2 Å². The minimum absolute atomic E-state index is 0.0381. The average Bonchev–Trinajstić information content (AvgIpc) is 3.69. The van der Waals surface area contributed by atoms with Crippen LogP contribution in [0.5, 0.6) is 0 Å². The van der Waals surface area contributed by atoms with Crippen molar-refractivity contribution in [1.29, 1.82) is 0 Å². The summed E-state index contributed by atoms with van der Waals surface area (Å²) in [5, 5.41) is 18.5. The molecule has 0 saturated carbocycles. The van der Waals surface area contributed by atoms with Crippen molar-refractivity contribution in [3.05, 3.63) is 93.5 Å². The highest BCUT2D eigenvalue weighted by Gasteiger charge is 2.33. The summed E-state index contributed by atoms with van der Waals surface area (Å²) in [6.07, 6.45) is 2.04. The first-order valence-corrected chi connectivity index (χ1v) is 15.4. The van der Waals surface area contributed by atoms with Gasteiger partial charge in [-0.1, -0.05) is 62.7 Å². The van der Waals surface area contributed by atoms with Gasteiger partial charge in [0, 0.05) is 15.7 Å². The molecule has 5 aromatic rings. The largest absolute Gasteiger partial charge is 0.417 e. The van der Waals surface area contributed by atoms with Gasteiger partial charge < -0.3 is 0 Å². The molecule has 1 aliphatic rings. The Morgan fingerprint density at radius 1 is 1.02 bits per heavy atom. The van der Waals surface area contributed by atoms with Gasteiger partial charge in [-0.25, -0.2) is 9.78 Å². The molecule has 0 bridgehead atoms. The summed E-state index contributed by atoms with van der Waals surface area (Å²) in [4.78, 5) is 32.0. The number of thiazole rings is 1. The molecule has 0 fully saturated rings. The molecule has 3 amide bonds. The Morgan fingerprint density at radius 2 is 1.80 bits per heavy atom. The molecule has 0 spiro atoms.